The number of hydrogen-bond donors (Lipinski definition) is 1. The number of nitrogens with zero attached hydrogens (tertiary/aromatic N) is 1. The second-order valence-electron chi connectivity index (χ2n) is 6.30. The molecule has 1 aromatic rings. The molecule has 0 spiro atoms. The van der Waals surface area contributed by atoms with Crippen LogP contribution in [0.5, 0.6) is 0 Å². The molecule has 2 nitrogen and oxygen atoms in total. The highest BCUT2D eigenvalue weighted by atomic mass is 19.1. The molecular weight excluding hydrogens is 248 g/mol. The van der Waals surface area contributed by atoms with E-state index < -0.39 is 17.9 Å². The van der Waals surface area contributed by atoms with Crippen molar-refractivity contribution >= 4 is 0 Å². The third-order valence-corrected chi connectivity index (χ3v) is 3.70. The maximum Gasteiger partial charge on any atom is 0.128 e. The molecule has 1 fully saturated rings. The number of likely N-dealkylation sites (tertiary alicyclic amines) is 1. The Morgan fingerprint density at radius 1 is 1.32 bits per heavy atom. The van der Waals surface area contributed by atoms with E-state index in [9.17, 15) is 13.9 Å². The van der Waals surface area contributed by atoms with Gasteiger partial charge in [0.05, 0.1) is 0 Å². The van der Waals surface area contributed by atoms with Gasteiger partial charge in [-0.05, 0) is 31.0 Å². The topological polar surface area (TPSA) is 23.5 Å². The first-order valence-corrected chi connectivity index (χ1v) is 6.69. The van der Waals surface area contributed by atoms with Crippen molar-refractivity contribution in [3.8, 4) is 0 Å². The summed E-state index contributed by atoms with van der Waals surface area (Å²) in [7, 11) is 0. The molecular formula is C15H21F2NO. The van der Waals surface area contributed by atoms with Crippen LogP contribution in [-0.4, -0.2) is 22.8 Å². The molecule has 0 aliphatic carbocycles. The van der Waals surface area contributed by atoms with Crippen LogP contribution in [0.1, 0.15) is 45.2 Å². The highest BCUT2D eigenvalue weighted by Crippen LogP contribution is 2.38. The molecule has 1 aliphatic rings. The first-order chi connectivity index (χ1) is 8.80. The SMILES string of the molecule is CC(C)(C)C(O)N1CCC[C@@H]1c1cc(F)ccc1F. The molecule has 1 aromatic carbocycles. The summed E-state index contributed by atoms with van der Waals surface area (Å²) in [6, 6.07) is 3.28. The number of aliphatic hydroxyl groups is 1. The molecule has 1 unspecified atom stereocenters. The lowest BCUT2D eigenvalue weighted by Crippen LogP contribution is -2.43. The fourth-order valence-electron chi connectivity index (χ4n) is 2.68. The van der Waals surface area contributed by atoms with Crippen LogP contribution in [0.15, 0.2) is 18.2 Å². The Labute approximate surface area is 113 Å². The van der Waals surface area contributed by atoms with Gasteiger partial charge in [0.25, 0.3) is 0 Å². The molecule has 2 atom stereocenters. The van der Waals surface area contributed by atoms with Gasteiger partial charge in [0, 0.05) is 23.6 Å². The number of halogens is 2. The summed E-state index contributed by atoms with van der Waals surface area (Å²) in [5.41, 5.74) is 0.0349. The summed E-state index contributed by atoms with van der Waals surface area (Å²) < 4.78 is 27.2. The minimum Gasteiger partial charge on any atom is -0.378 e. The summed E-state index contributed by atoms with van der Waals surface area (Å²) in [6.07, 6.45) is 0.962. The quantitative estimate of drug-likeness (QED) is 0.888. The first-order valence-electron chi connectivity index (χ1n) is 6.69. The average molecular weight is 269 g/mol. The van der Waals surface area contributed by atoms with E-state index in [1.165, 1.54) is 6.07 Å². The van der Waals surface area contributed by atoms with Crippen molar-refractivity contribution < 1.29 is 13.9 Å². The number of hydrogen-bond acceptors (Lipinski definition) is 2. The molecule has 4 heteroatoms. The largest absolute Gasteiger partial charge is 0.378 e. The van der Waals surface area contributed by atoms with Crippen LogP contribution in [0, 0.1) is 17.0 Å². The Balaban J connectivity index is 2.31. The Hall–Kier alpha value is -1.00. The van der Waals surface area contributed by atoms with E-state index in [0.29, 0.717) is 12.1 Å². The van der Waals surface area contributed by atoms with Crippen LogP contribution in [0.3, 0.4) is 0 Å². The lowest BCUT2D eigenvalue weighted by Gasteiger charge is -2.37. The van der Waals surface area contributed by atoms with Gasteiger partial charge in [-0.1, -0.05) is 20.8 Å². The average Bonchev–Trinajstić information content (AvgIpc) is 2.78. The first kappa shape index (κ1) is 14.4. The van der Waals surface area contributed by atoms with Gasteiger partial charge in [-0.2, -0.15) is 0 Å². The Morgan fingerprint density at radius 3 is 2.63 bits per heavy atom. The van der Waals surface area contributed by atoms with E-state index in [1.54, 1.807) is 0 Å². The smallest absolute Gasteiger partial charge is 0.128 e. The van der Waals surface area contributed by atoms with Gasteiger partial charge in [-0.3, -0.25) is 4.90 Å². The normalized spacial score (nSPS) is 22.7. The van der Waals surface area contributed by atoms with Gasteiger partial charge in [0.1, 0.15) is 17.9 Å². The van der Waals surface area contributed by atoms with Crippen LogP contribution in [0.2, 0.25) is 0 Å². The number of rotatable bonds is 2. The molecule has 0 amide bonds. The number of aliphatic hydroxyl groups excluding tert-OH is 1. The van der Waals surface area contributed by atoms with Crippen LogP contribution in [0.4, 0.5) is 8.78 Å². The predicted octanol–water partition coefficient (Wildman–Crippen LogP) is 3.47. The molecule has 2 rings (SSSR count). The zero-order valence-corrected chi connectivity index (χ0v) is 11.7. The molecule has 1 saturated heterocycles. The minimum atomic E-state index is -0.664. The summed E-state index contributed by atoms with van der Waals surface area (Å²) in [6.45, 7) is 6.53. The standard InChI is InChI=1S/C15H21F2NO/c1-15(2,3)14(19)18-8-4-5-13(18)11-9-10(16)6-7-12(11)17/h6-7,9,13-14,19H,4-5,8H2,1-3H3/t13-,14?/m1/s1. The molecule has 0 aromatic heterocycles. The van der Waals surface area contributed by atoms with Crippen LogP contribution < -0.4 is 0 Å². The van der Waals surface area contributed by atoms with Gasteiger partial charge in [0.15, 0.2) is 0 Å². The zero-order valence-electron chi connectivity index (χ0n) is 11.7. The van der Waals surface area contributed by atoms with Crippen molar-refractivity contribution in [2.24, 2.45) is 5.41 Å². The van der Waals surface area contributed by atoms with Gasteiger partial charge in [0.2, 0.25) is 0 Å². The Bertz CT molecular complexity index is 456. The molecule has 0 radical (unpaired) electrons. The molecule has 1 heterocycles. The minimum absolute atomic E-state index is 0.245. The Morgan fingerprint density at radius 2 is 2.00 bits per heavy atom. The van der Waals surface area contributed by atoms with Crippen molar-refractivity contribution in [1.29, 1.82) is 0 Å². The highest BCUT2D eigenvalue weighted by molar-refractivity contribution is 5.23. The molecule has 19 heavy (non-hydrogen) atoms. The molecule has 1 aliphatic heterocycles. The zero-order chi connectivity index (χ0) is 14.2. The fourth-order valence-corrected chi connectivity index (χ4v) is 2.68. The Kier molecular flexibility index (Phi) is 3.92. The van der Waals surface area contributed by atoms with Crippen LogP contribution in [0.25, 0.3) is 0 Å². The van der Waals surface area contributed by atoms with E-state index in [4.69, 9.17) is 0 Å². The van der Waals surface area contributed by atoms with Crippen LogP contribution in [-0.2, 0) is 0 Å². The summed E-state index contributed by atoms with van der Waals surface area (Å²) in [5.74, 6) is -0.840. The molecule has 0 bridgehead atoms. The molecule has 106 valence electrons. The van der Waals surface area contributed by atoms with Crippen molar-refractivity contribution in [3.63, 3.8) is 0 Å². The van der Waals surface area contributed by atoms with Crippen molar-refractivity contribution in [3.05, 3.63) is 35.4 Å². The van der Waals surface area contributed by atoms with Gasteiger partial charge in [-0.25, -0.2) is 8.78 Å². The predicted molar refractivity (Wildman–Crippen MR) is 70.5 cm³/mol. The third kappa shape index (κ3) is 2.95. The van der Waals surface area contributed by atoms with Gasteiger partial charge in [-0.15, -0.1) is 0 Å². The van der Waals surface area contributed by atoms with E-state index in [1.807, 2.05) is 25.7 Å². The maximum absolute atomic E-state index is 13.9. The summed E-state index contributed by atoms with van der Waals surface area (Å²) in [4.78, 5) is 1.87. The second kappa shape index (κ2) is 5.17. The highest BCUT2D eigenvalue weighted by Gasteiger charge is 2.37. The van der Waals surface area contributed by atoms with Crippen molar-refractivity contribution in [2.45, 2.75) is 45.9 Å². The fraction of sp³-hybridized carbons (Fsp3) is 0.600. The lowest BCUT2D eigenvalue weighted by atomic mass is 9.92. The summed E-state index contributed by atoms with van der Waals surface area (Å²) in [5, 5.41) is 10.4. The van der Waals surface area contributed by atoms with E-state index in [-0.39, 0.29) is 11.5 Å². The van der Waals surface area contributed by atoms with Gasteiger partial charge >= 0.3 is 0 Å². The monoisotopic (exact) mass is 269 g/mol. The third-order valence-electron chi connectivity index (χ3n) is 3.70. The lowest BCUT2D eigenvalue weighted by molar-refractivity contribution is -0.0782. The van der Waals surface area contributed by atoms with Crippen LogP contribution >= 0.6 is 0 Å². The van der Waals surface area contributed by atoms with E-state index in [0.717, 1.165) is 25.0 Å². The van der Waals surface area contributed by atoms with E-state index >= 15 is 0 Å². The van der Waals surface area contributed by atoms with Crippen molar-refractivity contribution in [1.82, 2.24) is 4.90 Å². The van der Waals surface area contributed by atoms with E-state index in [2.05, 4.69) is 0 Å². The van der Waals surface area contributed by atoms with Gasteiger partial charge < -0.3 is 5.11 Å². The second-order valence-corrected chi connectivity index (χ2v) is 6.30. The molecule has 0 saturated carbocycles. The van der Waals surface area contributed by atoms with Crippen molar-refractivity contribution in [2.75, 3.05) is 6.54 Å². The number of benzene rings is 1. The summed E-state index contributed by atoms with van der Waals surface area (Å²) >= 11 is 0. The maximum atomic E-state index is 13.9. The molecule has 1 N–H and O–H groups in total.